The molecule has 0 unspecified atom stereocenters. The van der Waals surface area contributed by atoms with Crippen molar-refractivity contribution in [1.29, 1.82) is 0 Å². The fraction of sp³-hybridized carbons (Fsp3) is 0.0952. The number of para-hydroxylation sites is 1. The number of rotatable bonds is 6. The second-order valence-corrected chi connectivity index (χ2v) is 7.11. The van der Waals surface area contributed by atoms with Crippen molar-refractivity contribution in [2.45, 2.75) is 16.5 Å². The minimum absolute atomic E-state index is 0.522. The Morgan fingerprint density at radius 1 is 1.00 bits per heavy atom. The summed E-state index contributed by atoms with van der Waals surface area (Å²) < 4.78 is 5.19. The molecule has 2 aromatic carbocycles. The van der Waals surface area contributed by atoms with E-state index in [0.717, 1.165) is 27.1 Å². The number of pyridine rings is 1. The van der Waals surface area contributed by atoms with Crippen LogP contribution < -0.4 is 15.8 Å². The van der Waals surface area contributed by atoms with Gasteiger partial charge in [0.05, 0.1) is 12.6 Å². The number of hydrogen-bond acceptors (Lipinski definition) is 7. The summed E-state index contributed by atoms with van der Waals surface area (Å²) in [5, 5.41) is 5.07. The summed E-state index contributed by atoms with van der Waals surface area (Å²) in [6.07, 6.45) is 3.31. The number of nitrogens with two attached hydrogens (primary N) is 1. The van der Waals surface area contributed by atoms with Crippen LogP contribution in [0, 0.1) is 0 Å². The molecule has 3 N–H and O–H groups in total. The summed E-state index contributed by atoms with van der Waals surface area (Å²) in [5.41, 5.74) is 8.89. The molecule has 0 spiro atoms. The van der Waals surface area contributed by atoms with Gasteiger partial charge >= 0.3 is 0 Å². The van der Waals surface area contributed by atoms with Crippen LogP contribution in [-0.2, 0) is 6.54 Å². The fourth-order valence-corrected chi connectivity index (χ4v) is 3.72. The van der Waals surface area contributed by atoms with Crippen LogP contribution in [0.4, 0.5) is 11.5 Å². The summed E-state index contributed by atoms with van der Waals surface area (Å²) in [7, 11) is 1.65. The highest BCUT2D eigenvalue weighted by molar-refractivity contribution is 7.99. The number of nitrogens with one attached hydrogen (secondary N) is 1. The molecule has 2 heterocycles. The molecule has 7 heteroatoms. The molecule has 0 fully saturated rings. The summed E-state index contributed by atoms with van der Waals surface area (Å²) in [4.78, 5) is 14.1. The molecule has 0 aliphatic carbocycles. The topological polar surface area (TPSA) is 86.0 Å². The Hall–Kier alpha value is -3.32. The second-order valence-electron chi connectivity index (χ2n) is 6.08. The van der Waals surface area contributed by atoms with E-state index in [2.05, 4.69) is 20.3 Å². The van der Waals surface area contributed by atoms with Gasteiger partial charge in [0, 0.05) is 23.0 Å². The number of hydrogen-bond donors (Lipinski definition) is 2. The van der Waals surface area contributed by atoms with E-state index in [1.54, 1.807) is 13.3 Å². The first-order chi connectivity index (χ1) is 13.7. The number of aromatic nitrogens is 3. The lowest BCUT2D eigenvalue weighted by Crippen LogP contribution is -2.06. The van der Waals surface area contributed by atoms with Crippen LogP contribution in [0.3, 0.4) is 0 Å². The van der Waals surface area contributed by atoms with Crippen LogP contribution in [0.2, 0.25) is 0 Å². The highest BCUT2D eigenvalue weighted by atomic mass is 32.2. The Morgan fingerprint density at radius 2 is 1.82 bits per heavy atom. The van der Waals surface area contributed by atoms with Gasteiger partial charge in [-0.1, -0.05) is 42.1 Å². The van der Waals surface area contributed by atoms with E-state index in [9.17, 15) is 0 Å². The average Bonchev–Trinajstić information content (AvgIpc) is 2.75. The Labute approximate surface area is 167 Å². The third-order valence-corrected chi connectivity index (χ3v) is 5.34. The molecule has 140 valence electrons. The van der Waals surface area contributed by atoms with Crippen LogP contribution in [0.5, 0.6) is 5.75 Å². The standard InChI is InChI=1S/C21H19N5OS/c1-27-16-9-7-14(8-10-16)12-24-20-18(22)21(26-13-25-20)28-17-6-2-4-15-5-3-11-23-19(15)17/h2-11,13H,12,22H2,1H3,(H,24,25,26). The minimum atomic E-state index is 0.522. The Kier molecular flexibility index (Phi) is 5.25. The van der Waals surface area contributed by atoms with Gasteiger partial charge < -0.3 is 15.8 Å². The number of fused-ring (bicyclic) bond motifs is 1. The zero-order valence-electron chi connectivity index (χ0n) is 15.3. The van der Waals surface area contributed by atoms with Gasteiger partial charge in [-0.05, 0) is 29.8 Å². The molecule has 0 saturated carbocycles. The molecule has 4 rings (SSSR count). The summed E-state index contributed by atoms with van der Waals surface area (Å²) in [6.45, 7) is 0.602. The van der Waals surface area contributed by atoms with Gasteiger partial charge in [0.1, 0.15) is 22.8 Å². The maximum Gasteiger partial charge on any atom is 0.154 e. The normalized spacial score (nSPS) is 10.8. The van der Waals surface area contributed by atoms with Crippen molar-refractivity contribution in [3.8, 4) is 5.75 Å². The number of benzene rings is 2. The van der Waals surface area contributed by atoms with E-state index < -0.39 is 0 Å². The van der Waals surface area contributed by atoms with Gasteiger partial charge in [-0.15, -0.1) is 0 Å². The third kappa shape index (κ3) is 3.84. The molecule has 0 radical (unpaired) electrons. The molecule has 0 amide bonds. The van der Waals surface area contributed by atoms with Crippen LogP contribution in [0.1, 0.15) is 5.56 Å². The Bertz CT molecular complexity index is 1100. The average molecular weight is 389 g/mol. The highest BCUT2D eigenvalue weighted by Gasteiger charge is 2.12. The monoisotopic (exact) mass is 389 g/mol. The molecular formula is C21H19N5OS. The maximum atomic E-state index is 6.34. The van der Waals surface area contributed by atoms with E-state index in [4.69, 9.17) is 10.5 Å². The Balaban J connectivity index is 1.54. The number of methoxy groups -OCH3 is 1. The number of nitrogen functional groups attached to an aromatic ring is 1. The van der Waals surface area contributed by atoms with Gasteiger partial charge in [-0.2, -0.15) is 0 Å². The van der Waals surface area contributed by atoms with Crippen molar-refractivity contribution in [3.63, 3.8) is 0 Å². The number of nitrogens with zero attached hydrogens (tertiary/aromatic N) is 3. The lowest BCUT2D eigenvalue weighted by Gasteiger charge is -2.12. The fourth-order valence-electron chi connectivity index (χ4n) is 2.79. The molecule has 6 nitrogen and oxygen atoms in total. The van der Waals surface area contributed by atoms with Gasteiger partial charge in [-0.25, -0.2) is 9.97 Å². The smallest absolute Gasteiger partial charge is 0.154 e. The van der Waals surface area contributed by atoms with Crippen LogP contribution in [-0.4, -0.2) is 22.1 Å². The third-order valence-electron chi connectivity index (χ3n) is 4.27. The molecule has 4 aromatic rings. The van der Waals surface area contributed by atoms with Gasteiger partial charge in [0.2, 0.25) is 0 Å². The molecule has 2 aromatic heterocycles. The largest absolute Gasteiger partial charge is 0.497 e. The highest BCUT2D eigenvalue weighted by Crippen LogP contribution is 2.36. The molecule has 0 atom stereocenters. The first-order valence-corrected chi connectivity index (χ1v) is 9.55. The van der Waals surface area contributed by atoms with E-state index in [0.29, 0.717) is 23.1 Å². The van der Waals surface area contributed by atoms with Crippen molar-refractivity contribution >= 4 is 34.2 Å². The molecule has 0 saturated heterocycles. The predicted octanol–water partition coefficient (Wildman–Crippen LogP) is 4.38. The lowest BCUT2D eigenvalue weighted by atomic mass is 10.2. The van der Waals surface area contributed by atoms with Crippen LogP contribution in [0.15, 0.2) is 77.0 Å². The van der Waals surface area contributed by atoms with E-state index >= 15 is 0 Å². The predicted molar refractivity (Wildman–Crippen MR) is 113 cm³/mol. The zero-order chi connectivity index (χ0) is 19.3. The van der Waals surface area contributed by atoms with Crippen molar-refractivity contribution < 1.29 is 4.74 Å². The van der Waals surface area contributed by atoms with Gasteiger partial charge in [-0.3, -0.25) is 4.98 Å². The van der Waals surface area contributed by atoms with E-state index in [-0.39, 0.29) is 0 Å². The quantitative estimate of drug-likeness (QED) is 0.473. The van der Waals surface area contributed by atoms with Crippen LogP contribution in [0.25, 0.3) is 10.9 Å². The van der Waals surface area contributed by atoms with Crippen molar-refractivity contribution in [2.24, 2.45) is 0 Å². The lowest BCUT2D eigenvalue weighted by molar-refractivity contribution is 0.414. The van der Waals surface area contributed by atoms with E-state index in [1.807, 2.05) is 54.6 Å². The molecular weight excluding hydrogens is 370 g/mol. The number of ether oxygens (including phenoxy) is 1. The summed E-state index contributed by atoms with van der Waals surface area (Å²) in [6, 6.07) is 17.9. The van der Waals surface area contributed by atoms with Crippen molar-refractivity contribution in [1.82, 2.24) is 15.0 Å². The first kappa shape index (κ1) is 18.1. The van der Waals surface area contributed by atoms with E-state index in [1.165, 1.54) is 18.1 Å². The molecule has 0 aliphatic rings. The van der Waals surface area contributed by atoms with Crippen LogP contribution >= 0.6 is 11.8 Å². The SMILES string of the molecule is COc1ccc(CNc2ncnc(Sc3cccc4cccnc34)c2N)cc1. The van der Waals surface area contributed by atoms with Gasteiger partial charge in [0.15, 0.2) is 5.82 Å². The number of anilines is 2. The first-order valence-electron chi connectivity index (χ1n) is 8.73. The maximum absolute atomic E-state index is 6.34. The Morgan fingerprint density at radius 3 is 2.64 bits per heavy atom. The van der Waals surface area contributed by atoms with Gasteiger partial charge in [0.25, 0.3) is 0 Å². The molecule has 0 aliphatic heterocycles. The molecule has 28 heavy (non-hydrogen) atoms. The minimum Gasteiger partial charge on any atom is -0.497 e. The summed E-state index contributed by atoms with van der Waals surface area (Å²) >= 11 is 1.49. The summed E-state index contributed by atoms with van der Waals surface area (Å²) in [5.74, 6) is 1.44. The molecule has 0 bridgehead atoms. The zero-order valence-corrected chi connectivity index (χ0v) is 16.1. The van der Waals surface area contributed by atoms with Crippen molar-refractivity contribution in [2.75, 3.05) is 18.2 Å². The second kappa shape index (κ2) is 8.14. The van der Waals surface area contributed by atoms with Crippen molar-refractivity contribution in [3.05, 3.63) is 72.7 Å².